The Morgan fingerprint density at radius 1 is 1.38 bits per heavy atom. The summed E-state index contributed by atoms with van der Waals surface area (Å²) in [5.74, 6) is 0.482. The van der Waals surface area contributed by atoms with Crippen molar-refractivity contribution in [3.63, 3.8) is 0 Å². The summed E-state index contributed by atoms with van der Waals surface area (Å²) in [4.78, 5) is 2.14. The molecule has 21 heavy (non-hydrogen) atoms. The fourth-order valence-electron chi connectivity index (χ4n) is 2.47. The van der Waals surface area contributed by atoms with Crippen LogP contribution in [0.1, 0.15) is 32.3 Å². The molecule has 0 saturated heterocycles. The lowest BCUT2D eigenvalue weighted by Gasteiger charge is -2.25. The van der Waals surface area contributed by atoms with E-state index in [1.165, 1.54) is 0 Å². The van der Waals surface area contributed by atoms with Crippen molar-refractivity contribution < 1.29 is 9.13 Å². The van der Waals surface area contributed by atoms with Gasteiger partial charge in [-0.25, -0.2) is 4.39 Å². The normalized spacial score (nSPS) is 14.7. The zero-order chi connectivity index (χ0) is 15.2. The zero-order valence-electron chi connectivity index (χ0n) is 13.4. The topological polar surface area (TPSA) is 24.5 Å². The van der Waals surface area contributed by atoms with Gasteiger partial charge in [0, 0.05) is 26.2 Å². The number of benzene rings is 1. The predicted octanol–water partition coefficient (Wildman–Crippen LogP) is 3.19. The molecule has 1 aromatic carbocycles. The quantitative estimate of drug-likeness (QED) is 0.757. The summed E-state index contributed by atoms with van der Waals surface area (Å²) < 4.78 is 19.5. The van der Waals surface area contributed by atoms with E-state index >= 15 is 0 Å². The number of hydrogen-bond acceptors (Lipinski definition) is 3. The molecule has 0 unspecified atom stereocenters. The molecule has 0 aromatic heterocycles. The van der Waals surface area contributed by atoms with E-state index in [0.717, 1.165) is 38.0 Å². The van der Waals surface area contributed by atoms with Crippen LogP contribution in [0.2, 0.25) is 0 Å². The summed E-state index contributed by atoms with van der Waals surface area (Å²) in [7, 11) is 1.69. The Kier molecular flexibility index (Phi) is 6.00. The lowest BCUT2D eigenvalue weighted by molar-refractivity contribution is 0.204. The first-order valence-electron chi connectivity index (χ1n) is 7.86. The molecular formula is C17H27FN2O. The van der Waals surface area contributed by atoms with Crippen molar-refractivity contribution in [1.82, 2.24) is 5.32 Å². The van der Waals surface area contributed by atoms with E-state index in [-0.39, 0.29) is 5.82 Å². The summed E-state index contributed by atoms with van der Waals surface area (Å²) >= 11 is 0. The summed E-state index contributed by atoms with van der Waals surface area (Å²) in [6.07, 6.45) is 2.31. The van der Waals surface area contributed by atoms with E-state index in [0.29, 0.717) is 24.3 Å². The third-order valence-corrected chi connectivity index (χ3v) is 3.73. The largest absolute Gasteiger partial charge is 0.383 e. The van der Waals surface area contributed by atoms with Crippen molar-refractivity contribution in [1.29, 1.82) is 0 Å². The van der Waals surface area contributed by atoms with Gasteiger partial charge in [0.2, 0.25) is 0 Å². The molecular weight excluding hydrogens is 267 g/mol. The number of anilines is 1. The van der Waals surface area contributed by atoms with Crippen molar-refractivity contribution in [3.8, 4) is 0 Å². The van der Waals surface area contributed by atoms with Crippen molar-refractivity contribution in [2.75, 3.05) is 31.7 Å². The van der Waals surface area contributed by atoms with Gasteiger partial charge in [-0.3, -0.25) is 0 Å². The smallest absolute Gasteiger partial charge is 0.146 e. The standard InChI is InChI=1S/C17H27FN2O/c1-13(2)11-19-12-14-4-7-17(16(18)10-14)20(8-9-21-3)15-5-6-15/h4,7,10,13,15,19H,5-6,8-9,11-12H2,1-3H3. The lowest BCUT2D eigenvalue weighted by Crippen LogP contribution is -2.30. The first kappa shape index (κ1) is 16.2. The van der Waals surface area contributed by atoms with Gasteiger partial charge in [0.25, 0.3) is 0 Å². The molecule has 0 amide bonds. The summed E-state index contributed by atoms with van der Waals surface area (Å²) in [6.45, 7) is 7.39. The van der Waals surface area contributed by atoms with Crippen LogP contribution in [-0.2, 0) is 11.3 Å². The summed E-state index contributed by atoms with van der Waals surface area (Å²) in [5.41, 5.74) is 1.71. The van der Waals surface area contributed by atoms with Crippen molar-refractivity contribution >= 4 is 5.69 Å². The van der Waals surface area contributed by atoms with Crippen LogP contribution < -0.4 is 10.2 Å². The van der Waals surface area contributed by atoms with Crippen LogP contribution in [0, 0.1) is 11.7 Å². The second-order valence-corrected chi connectivity index (χ2v) is 6.23. The van der Waals surface area contributed by atoms with E-state index in [9.17, 15) is 4.39 Å². The highest BCUT2D eigenvalue weighted by Crippen LogP contribution is 2.33. The maximum Gasteiger partial charge on any atom is 0.146 e. The Balaban J connectivity index is 1.99. The minimum Gasteiger partial charge on any atom is -0.383 e. The average molecular weight is 294 g/mol. The number of ether oxygens (including phenoxy) is 1. The van der Waals surface area contributed by atoms with E-state index in [1.54, 1.807) is 13.2 Å². The monoisotopic (exact) mass is 294 g/mol. The Morgan fingerprint density at radius 2 is 2.14 bits per heavy atom. The second kappa shape index (κ2) is 7.76. The third-order valence-electron chi connectivity index (χ3n) is 3.73. The van der Waals surface area contributed by atoms with Crippen molar-refractivity contribution in [3.05, 3.63) is 29.6 Å². The molecule has 1 aliphatic rings. The molecule has 1 aliphatic carbocycles. The number of rotatable bonds is 9. The Hall–Kier alpha value is -1.13. The average Bonchev–Trinajstić information content (AvgIpc) is 3.25. The molecule has 4 heteroatoms. The van der Waals surface area contributed by atoms with Crippen LogP contribution in [0.4, 0.5) is 10.1 Å². The molecule has 3 nitrogen and oxygen atoms in total. The summed E-state index contributed by atoms with van der Waals surface area (Å²) in [5, 5.41) is 3.35. The Morgan fingerprint density at radius 3 is 2.71 bits per heavy atom. The fourth-order valence-corrected chi connectivity index (χ4v) is 2.47. The molecule has 0 aliphatic heterocycles. The maximum absolute atomic E-state index is 14.4. The highest BCUT2D eigenvalue weighted by atomic mass is 19.1. The molecule has 0 heterocycles. The SMILES string of the molecule is COCCN(c1ccc(CNCC(C)C)cc1F)C1CC1. The lowest BCUT2D eigenvalue weighted by atomic mass is 10.1. The van der Waals surface area contributed by atoms with E-state index < -0.39 is 0 Å². The third kappa shape index (κ3) is 4.97. The summed E-state index contributed by atoms with van der Waals surface area (Å²) in [6, 6.07) is 6.08. The predicted molar refractivity (Wildman–Crippen MR) is 85.2 cm³/mol. The van der Waals surface area contributed by atoms with Gasteiger partial charge in [0.1, 0.15) is 5.82 Å². The van der Waals surface area contributed by atoms with Gasteiger partial charge >= 0.3 is 0 Å². The molecule has 0 radical (unpaired) electrons. The van der Waals surface area contributed by atoms with E-state index in [4.69, 9.17) is 4.74 Å². The molecule has 2 rings (SSSR count). The molecule has 0 spiro atoms. The van der Waals surface area contributed by atoms with E-state index in [2.05, 4.69) is 24.1 Å². The first-order chi connectivity index (χ1) is 10.1. The molecule has 1 aromatic rings. The van der Waals surface area contributed by atoms with Crippen LogP contribution in [0.3, 0.4) is 0 Å². The van der Waals surface area contributed by atoms with Crippen molar-refractivity contribution in [2.45, 2.75) is 39.3 Å². The molecule has 1 fully saturated rings. The minimum absolute atomic E-state index is 0.123. The maximum atomic E-state index is 14.4. The molecule has 0 atom stereocenters. The zero-order valence-corrected chi connectivity index (χ0v) is 13.4. The van der Waals surface area contributed by atoms with Crippen LogP contribution >= 0.6 is 0 Å². The number of methoxy groups -OCH3 is 1. The number of halogens is 1. The van der Waals surface area contributed by atoms with Gasteiger partial charge < -0.3 is 15.0 Å². The number of nitrogens with zero attached hydrogens (tertiary/aromatic N) is 1. The van der Waals surface area contributed by atoms with Gasteiger partial charge in [-0.05, 0) is 43.0 Å². The van der Waals surface area contributed by atoms with Crippen LogP contribution in [0.15, 0.2) is 18.2 Å². The Labute approximate surface area is 127 Å². The fraction of sp³-hybridized carbons (Fsp3) is 0.647. The van der Waals surface area contributed by atoms with Crippen molar-refractivity contribution in [2.24, 2.45) is 5.92 Å². The van der Waals surface area contributed by atoms with E-state index in [1.807, 2.05) is 12.1 Å². The van der Waals surface area contributed by atoms with Crippen LogP contribution in [0.25, 0.3) is 0 Å². The van der Waals surface area contributed by atoms with Gasteiger partial charge in [-0.2, -0.15) is 0 Å². The first-order valence-corrected chi connectivity index (χ1v) is 7.86. The highest BCUT2D eigenvalue weighted by Gasteiger charge is 2.30. The number of nitrogens with one attached hydrogen (secondary N) is 1. The van der Waals surface area contributed by atoms with Crippen LogP contribution in [-0.4, -0.2) is 32.8 Å². The molecule has 1 N–H and O–H groups in total. The molecule has 0 bridgehead atoms. The van der Waals surface area contributed by atoms with Crippen LogP contribution in [0.5, 0.6) is 0 Å². The van der Waals surface area contributed by atoms with Gasteiger partial charge in [0.15, 0.2) is 0 Å². The Bertz CT molecular complexity index is 446. The number of hydrogen-bond donors (Lipinski definition) is 1. The van der Waals surface area contributed by atoms with Gasteiger partial charge in [-0.1, -0.05) is 19.9 Å². The van der Waals surface area contributed by atoms with Gasteiger partial charge in [-0.15, -0.1) is 0 Å². The second-order valence-electron chi connectivity index (χ2n) is 6.23. The molecule has 1 saturated carbocycles. The van der Waals surface area contributed by atoms with Gasteiger partial charge in [0.05, 0.1) is 12.3 Å². The molecule has 118 valence electrons. The highest BCUT2D eigenvalue weighted by molar-refractivity contribution is 5.51. The minimum atomic E-state index is -0.123.